The molecule has 1 fully saturated rings. The maximum Gasteiger partial charge on any atom is 0.321 e. The maximum atomic E-state index is 13.2. The van der Waals surface area contributed by atoms with E-state index in [1.807, 2.05) is 42.2 Å². The van der Waals surface area contributed by atoms with Crippen LogP contribution in [0, 0.1) is 19.7 Å². The van der Waals surface area contributed by atoms with Gasteiger partial charge in [-0.3, -0.25) is 0 Å². The van der Waals surface area contributed by atoms with Crippen molar-refractivity contribution in [2.75, 3.05) is 18.4 Å². The fourth-order valence-electron chi connectivity index (χ4n) is 3.36. The van der Waals surface area contributed by atoms with E-state index in [1.165, 1.54) is 17.7 Å². The Kier molecular flexibility index (Phi) is 5.37. The van der Waals surface area contributed by atoms with E-state index in [0.29, 0.717) is 6.54 Å². The summed E-state index contributed by atoms with van der Waals surface area (Å²) >= 11 is 0. The van der Waals surface area contributed by atoms with Crippen molar-refractivity contribution in [1.29, 1.82) is 0 Å². The molecule has 2 aromatic carbocycles. The predicted molar refractivity (Wildman–Crippen MR) is 99.5 cm³/mol. The third-order valence-corrected chi connectivity index (χ3v) is 5.06. The highest BCUT2D eigenvalue weighted by Gasteiger charge is 2.23. The molecule has 3 nitrogen and oxygen atoms in total. The number of nitrogens with zero attached hydrogens (tertiary/aromatic N) is 1. The number of likely N-dealkylation sites (tertiary alicyclic amines) is 1. The summed E-state index contributed by atoms with van der Waals surface area (Å²) in [5, 5.41) is 3.02. The first kappa shape index (κ1) is 17.5. The van der Waals surface area contributed by atoms with Gasteiger partial charge in [0.25, 0.3) is 0 Å². The van der Waals surface area contributed by atoms with E-state index in [9.17, 15) is 9.18 Å². The summed E-state index contributed by atoms with van der Waals surface area (Å²) in [6.07, 6.45) is 3.10. The molecule has 1 N–H and O–H groups in total. The summed E-state index contributed by atoms with van der Waals surface area (Å²) in [5.41, 5.74) is 4.31. The molecule has 4 heteroatoms. The van der Waals surface area contributed by atoms with Crippen LogP contribution in [0.5, 0.6) is 0 Å². The van der Waals surface area contributed by atoms with E-state index < -0.39 is 0 Å². The van der Waals surface area contributed by atoms with Crippen LogP contribution in [-0.4, -0.2) is 24.0 Å². The second-order valence-corrected chi connectivity index (χ2v) is 6.92. The first-order chi connectivity index (χ1) is 12.0. The molecular weight excluding hydrogens is 315 g/mol. The number of benzene rings is 2. The second kappa shape index (κ2) is 7.68. The Morgan fingerprint density at radius 1 is 1.08 bits per heavy atom. The molecule has 1 aliphatic rings. The zero-order valence-corrected chi connectivity index (χ0v) is 14.9. The summed E-state index contributed by atoms with van der Waals surface area (Å²) in [4.78, 5) is 14.6. The molecule has 0 bridgehead atoms. The highest BCUT2D eigenvalue weighted by Crippen LogP contribution is 2.27. The highest BCUT2D eigenvalue weighted by atomic mass is 19.1. The molecule has 132 valence electrons. The first-order valence-electron chi connectivity index (χ1n) is 8.91. The Labute approximate surface area is 148 Å². The lowest BCUT2D eigenvalue weighted by atomic mass is 9.94. The molecule has 1 heterocycles. The minimum Gasteiger partial charge on any atom is -0.324 e. The Morgan fingerprint density at radius 2 is 1.84 bits per heavy atom. The second-order valence-electron chi connectivity index (χ2n) is 6.92. The fraction of sp³-hybridized carbons (Fsp3) is 0.381. The Hall–Kier alpha value is -2.36. The molecule has 1 atom stereocenters. The molecule has 3 rings (SSSR count). The molecule has 2 amide bonds. The molecule has 25 heavy (non-hydrogen) atoms. The van der Waals surface area contributed by atoms with E-state index in [2.05, 4.69) is 12.2 Å². The number of anilines is 1. The van der Waals surface area contributed by atoms with Crippen LogP contribution in [0.1, 0.15) is 41.9 Å². The van der Waals surface area contributed by atoms with Gasteiger partial charge in [-0.25, -0.2) is 9.18 Å². The van der Waals surface area contributed by atoms with E-state index in [4.69, 9.17) is 0 Å². The van der Waals surface area contributed by atoms with Gasteiger partial charge in [-0.05, 0) is 67.6 Å². The van der Waals surface area contributed by atoms with Crippen molar-refractivity contribution in [1.82, 2.24) is 4.90 Å². The van der Waals surface area contributed by atoms with Crippen molar-refractivity contribution in [3.63, 3.8) is 0 Å². The molecule has 0 aromatic heterocycles. The van der Waals surface area contributed by atoms with Gasteiger partial charge in [0.1, 0.15) is 5.82 Å². The van der Waals surface area contributed by atoms with Crippen molar-refractivity contribution in [2.45, 2.75) is 39.0 Å². The van der Waals surface area contributed by atoms with Crippen LogP contribution in [0.15, 0.2) is 42.5 Å². The van der Waals surface area contributed by atoms with E-state index in [1.54, 1.807) is 0 Å². The molecule has 0 spiro atoms. The third-order valence-electron chi connectivity index (χ3n) is 5.06. The number of hydrogen-bond acceptors (Lipinski definition) is 1. The van der Waals surface area contributed by atoms with Crippen molar-refractivity contribution in [2.24, 2.45) is 0 Å². The Morgan fingerprint density at radius 3 is 2.56 bits per heavy atom. The minimum atomic E-state index is -0.221. The predicted octanol–water partition coefficient (Wildman–Crippen LogP) is 5.24. The summed E-state index contributed by atoms with van der Waals surface area (Å²) in [5.74, 6) is 0.0373. The largest absolute Gasteiger partial charge is 0.324 e. The summed E-state index contributed by atoms with van der Waals surface area (Å²) in [6.45, 7) is 5.53. The topological polar surface area (TPSA) is 32.3 Å². The third kappa shape index (κ3) is 4.38. The molecule has 1 aliphatic heterocycles. The minimum absolute atomic E-state index is 0.0581. The lowest BCUT2D eigenvalue weighted by Gasteiger charge is -2.25. The number of urea groups is 1. The standard InChI is InChI=1S/C21H25FN2O/c1-15-6-11-20(13-16(15)2)23-21(25)24-12-4-3-5-18(14-24)17-7-9-19(22)10-8-17/h6-11,13,18H,3-5,12,14H2,1-2H3,(H,23,25). The van der Waals surface area contributed by atoms with E-state index in [0.717, 1.165) is 42.6 Å². The first-order valence-corrected chi connectivity index (χ1v) is 8.91. The molecule has 0 aliphatic carbocycles. The van der Waals surface area contributed by atoms with E-state index in [-0.39, 0.29) is 17.8 Å². The normalized spacial score (nSPS) is 17.9. The summed E-state index contributed by atoms with van der Waals surface area (Å²) in [7, 11) is 0. The molecule has 0 radical (unpaired) electrons. The number of carbonyl (C=O) groups is 1. The van der Waals surface area contributed by atoms with Crippen molar-refractivity contribution in [3.8, 4) is 0 Å². The fourth-order valence-corrected chi connectivity index (χ4v) is 3.36. The maximum absolute atomic E-state index is 13.2. The number of hydrogen-bond donors (Lipinski definition) is 1. The van der Waals surface area contributed by atoms with Crippen LogP contribution in [0.4, 0.5) is 14.9 Å². The smallest absolute Gasteiger partial charge is 0.321 e. The average Bonchev–Trinajstić information content (AvgIpc) is 2.85. The van der Waals surface area contributed by atoms with Gasteiger partial charge in [-0.15, -0.1) is 0 Å². The number of carbonyl (C=O) groups excluding carboxylic acids is 1. The summed E-state index contributed by atoms with van der Waals surface area (Å²) in [6, 6.07) is 12.6. The Bertz CT molecular complexity index is 742. The van der Waals surface area contributed by atoms with Gasteiger partial charge >= 0.3 is 6.03 Å². The van der Waals surface area contributed by atoms with Gasteiger partial charge in [0.05, 0.1) is 0 Å². The lowest BCUT2D eigenvalue weighted by molar-refractivity contribution is 0.211. The van der Waals surface area contributed by atoms with Gasteiger partial charge < -0.3 is 10.2 Å². The lowest BCUT2D eigenvalue weighted by Crippen LogP contribution is -2.37. The van der Waals surface area contributed by atoms with Crippen LogP contribution in [0.3, 0.4) is 0 Å². The highest BCUT2D eigenvalue weighted by molar-refractivity contribution is 5.89. The van der Waals surface area contributed by atoms with Crippen LogP contribution < -0.4 is 5.32 Å². The van der Waals surface area contributed by atoms with Crippen LogP contribution in [0.25, 0.3) is 0 Å². The Balaban J connectivity index is 1.70. The summed E-state index contributed by atoms with van der Waals surface area (Å²) < 4.78 is 13.2. The van der Waals surface area contributed by atoms with Gasteiger partial charge in [0, 0.05) is 24.7 Å². The zero-order valence-electron chi connectivity index (χ0n) is 14.9. The van der Waals surface area contributed by atoms with E-state index >= 15 is 0 Å². The zero-order chi connectivity index (χ0) is 17.8. The van der Waals surface area contributed by atoms with Crippen molar-refractivity contribution in [3.05, 3.63) is 65.0 Å². The van der Waals surface area contributed by atoms with Gasteiger partial charge in [0.15, 0.2) is 0 Å². The molecule has 1 unspecified atom stereocenters. The number of aryl methyl sites for hydroxylation is 2. The monoisotopic (exact) mass is 340 g/mol. The van der Waals surface area contributed by atoms with Gasteiger partial charge in [-0.2, -0.15) is 0 Å². The number of amides is 2. The molecule has 2 aromatic rings. The SMILES string of the molecule is Cc1ccc(NC(=O)N2CCCCC(c3ccc(F)cc3)C2)cc1C. The number of rotatable bonds is 2. The average molecular weight is 340 g/mol. The van der Waals surface area contributed by atoms with Gasteiger partial charge in [-0.1, -0.05) is 24.6 Å². The number of nitrogens with one attached hydrogen (secondary N) is 1. The van der Waals surface area contributed by atoms with Crippen LogP contribution >= 0.6 is 0 Å². The number of halogens is 1. The van der Waals surface area contributed by atoms with Crippen LogP contribution in [-0.2, 0) is 0 Å². The van der Waals surface area contributed by atoms with Crippen molar-refractivity contribution < 1.29 is 9.18 Å². The molecule has 1 saturated heterocycles. The van der Waals surface area contributed by atoms with Crippen LogP contribution in [0.2, 0.25) is 0 Å². The van der Waals surface area contributed by atoms with Crippen molar-refractivity contribution >= 4 is 11.7 Å². The molecular formula is C21H25FN2O. The van der Waals surface area contributed by atoms with Gasteiger partial charge in [0.2, 0.25) is 0 Å². The molecule has 0 saturated carbocycles. The quantitative estimate of drug-likeness (QED) is 0.796.